The molecular formula is C20H20N4O. The number of benzene rings is 1. The molecule has 0 fully saturated rings. The molecule has 5 nitrogen and oxygen atoms in total. The van der Waals surface area contributed by atoms with Gasteiger partial charge in [0.15, 0.2) is 0 Å². The predicted molar refractivity (Wildman–Crippen MR) is 98.7 cm³/mol. The molecule has 2 heterocycles. The maximum Gasteiger partial charge on any atom is 0.270 e. The topological polar surface area (TPSA) is 66.9 Å². The van der Waals surface area contributed by atoms with E-state index in [1.807, 2.05) is 36.4 Å². The normalized spacial score (nSPS) is 10.3. The van der Waals surface area contributed by atoms with Crippen LogP contribution in [0.25, 0.3) is 0 Å². The van der Waals surface area contributed by atoms with E-state index in [0.29, 0.717) is 12.2 Å². The Hall–Kier alpha value is -3.21. The monoisotopic (exact) mass is 332 g/mol. The van der Waals surface area contributed by atoms with Crippen LogP contribution in [0.4, 0.5) is 11.4 Å². The van der Waals surface area contributed by atoms with E-state index in [-0.39, 0.29) is 5.91 Å². The molecule has 2 N–H and O–H groups in total. The number of nitrogens with zero attached hydrogens (tertiary/aromatic N) is 2. The Labute approximate surface area is 147 Å². The summed E-state index contributed by atoms with van der Waals surface area (Å²) in [5.74, 6) is -0.197. The van der Waals surface area contributed by atoms with Crippen LogP contribution in [0.5, 0.6) is 0 Å². The summed E-state index contributed by atoms with van der Waals surface area (Å²) < 4.78 is 0. The van der Waals surface area contributed by atoms with Crippen LogP contribution in [-0.2, 0) is 13.0 Å². The van der Waals surface area contributed by atoms with Crippen LogP contribution in [-0.4, -0.2) is 15.9 Å². The third-order valence-electron chi connectivity index (χ3n) is 3.88. The van der Waals surface area contributed by atoms with Crippen LogP contribution in [0, 0.1) is 0 Å². The van der Waals surface area contributed by atoms with Crippen molar-refractivity contribution >= 4 is 17.3 Å². The molecule has 0 saturated carbocycles. The van der Waals surface area contributed by atoms with Crippen molar-refractivity contribution in [3.63, 3.8) is 0 Å². The number of aryl methyl sites for hydroxylation is 1. The van der Waals surface area contributed by atoms with E-state index in [0.717, 1.165) is 23.4 Å². The van der Waals surface area contributed by atoms with E-state index in [9.17, 15) is 4.79 Å². The second-order valence-electron chi connectivity index (χ2n) is 5.61. The van der Waals surface area contributed by atoms with Crippen LogP contribution in [0.15, 0.2) is 67.1 Å². The van der Waals surface area contributed by atoms with Crippen molar-refractivity contribution in [2.45, 2.75) is 19.9 Å². The fourth-order valence-electron chi connectivity index (χ4n) is 2.48. The van der Waals surface area contributed by atoms with Gasteiger partial charge in [-0.1, -0.05) is 25.1 Å². The highest BCUT2D eigenvalue weighted by Crippen LogP contribution is 2.20. The number of anilines is 2. The van der Waals surface area contributed by atoms with E-state index in [4.69, 9.17) is 0 Å². The maximum absolute atomic E-state index is 12.2. The molecule has 3 rings (SSSR count). The van der Waals surface area contributed by atoms with Crippen LogP contribution in [0.1, 0.15) is 28.5 Å². The van der Waals surface area contributed by atoms with Gasteiger partial charge in [-0.25, -0.2) is 4.98 Å². The summed E-state index contributed by atoms with van der Waals surface area (Å²) in [6, 6.07) is 15.5. The van der Waals surface area contributed by atoms with Gasteiger partial charge in [-0.15, -0.1) is 0 Å². The molecule has 0 spiro atoms. The Morgan fingerprint density at radius 2 is 1.84 bits per heavy atom. The molecule has 0 saturated heterocycles. The van der Waals surface area contributed by atoms with Gasteiger partial charge in [-0.05, 0) is 47.9 Å². The Morgan fingerprint density at radius 3 is 2.56 bits per heavy atom. The molecule has 3 aromatic rings. The number of nitrogens with one attached hydrogen (secondary N) is 2. The Kier molecular flexibility index (Phi) is 5.36. The van der Waals surface area contributed by atoms with Gasteiger partial charge in [-0.3, -0.25) is 9.78 Å². The van der Waals surface area contributed by atoms with Crippen molar-refractivity contribution in [1.82, 2.24) is 15.3 Å². The van der Waals surface area contributed by atoms with Crippen molar-refractivity contribution in [1.29, 1.82) is 0 Å². The molecule has 0 radical (unpaired) electrons. The SMILES string of the molecule is CCc1ccccc1Nc1ccc(C(=O)NCc2ccncc2)nc1. The molecule has 1 aromatic carbocycles. The number of carbonyl (C=O) groups is 1. The second kappa shape index (κ2) is 8.06. The average molecular weight is 332 g/mol. The van der Waals surface area contributed by atoms with Gasteiger partial charge >= 0.3 is 0 Å². The van der Waals surface area contributed by atoms with Crippen molar-refractivity contribution < 1.29 is 4.79 Å². The van der Waals surface area contributed by atoms with Crippen LogP contribution in [0.2, 0.25) is 0 Å². The minimum absolute atomic E-state index is 0.197. The highest BCUT2D eigenvalue weighted by molar-refractivity contribution is 5.92. The summed E-state index contributed by atoms with van der Waals surface area (Å²) in [5.41, 5.74) is 4.54. The summed E-state index contributed by atoms with van der Waals surface area (Å²) in [5, 5.41) is 6.20. The zero-order valence-corrected chi connectivity index (χ0v) is 14.1. The molecule has 0 unspecified atom stereocenters. The van der Waals surface area contributed by atoms with E-state index in [1.165, 1.54) is 5.56 Å². The number of para-hydroxylation sites is 1. The largest absolute Gasteiger partial charge is 0.354 e. The molecule has 5 heteroatoms. The first-order valence-corrected chi connectivity index (χ1v) is 8.24. The quantitative estimate of drug-likeness (QED) is 0.722. The second-order valence-corrected chi connectivity index (χ2v) is 5.61. The maximum atomic E-state index is 12.2. The lowest BCUT2D eigenvalue weighted by Crippen LogP contribution is -2.23. The van der Waals surface area contributed by atoms with Crippen LogP contribution < -0.4 is 10.6 Å². The minimum atomic E-state index is -0.197. The summed E-state index contributed by atoms with van der Waals surface area (Å²) in [7, 11) is 0. The lowest BCUT2D eigenvalue weighted by Gasteiger charge is -2.11. The Morgan fingerprint density at radius 1 is 1.04 bits per heavy atom. The summed E-state index contributed by atoms with van der Waals surface area (Å²) >= 11 is 0. The number of amides is 1. The molecule has 0 aliphatic heterocycles. The van der Waals surface area contributed by atoms with E-state index < -0.39 is 0 Å². The number of aromatic nitrogens is 2. The highest BCUT2D eigenvalue weighted by atomic mass is 16.1. The number of hydrogen-bond acceptors (Lipinski definition) is 4. The molecule has 0 aliphatic rings. The summed E-state index contributed by atoms with van der Waals surface area (Å²) in [6.45, 7) is 2.57. The van der Waals surface area contributed by atoms with Crippen molar-refractivity contribution in [3.05, 3.63) is 83.9 Å². The molecule has 2 aromatic heterocycles. The molecular weight excluding hydrogens is 312 g/mol. The number of pyridine rings is 2. The minimum Gasteiger partial charge on any atom is -0.354 e. The van der Waals surface area contributed by atoms with Gasteiger partial charge in [0.2, 0.25) is 0 Å². The Bertz CT molecular complexity index is 832. The molecule has 0 bridgehead atoms. The first kappa shape index (κ1) is 16.6. The average Bonchev–Trinajstić information content (AvgIpc) is 2.68. The molecule has 0 atom stereocenters. The number of hydrogen-bond donors (Lipinski definition) is 2. The molecule has 1 amide bonds. The smallest absolute Gasteiger partial charge is 0.270 e. The van der Waals surface area contributed by atoms with Gasteiger partial charge in [0.25, 0.3) is 5.91 Å². The van der Waals surface area contributed by atoms with Gasteiger partial charge in [0.05, 0.1) is 11.9 Å². The lowest BCUT2D eigenvalue weighted by atomic mass is 10.1. The molecule has 126 valence electrons. The zero-order valence-electron chi connectivity index (χ0n) is 14.1. The molecule has 0 aliphatic carbocycles. The fraction of sp³-hybridized carbons (Fsp3) is 0.150. The number of carbonyl (C=O) groups excluding carboxylic acids is 1. The van der Waals surface area contributed by atoms with E-state index in [2.05, 4.69) is 33.6 Å². The van der Waals surface area contributed by atoms with Gasteiger partial charge < -0.3 is 10.6 Å². The van der Waals surface area contributed by atoms with E-state index in [1.54, 1.807) is 24.7 Å². The third kappa shape index (κ3) is 4.41. The summed E-state index contributed by atoms with van der Waals surface area (Å²) in [6.07, 6.45) is 6.03. The third-order valence-corrected chi connectivity index (χ3v) is 3.88. The highest BCUT2D eigenvalue weighted by Gasteiger charge is 2.07. The van der Waals surface area contributed by atoms with Crippen LogP contribution >= 0.6 is 0 Å². The number of rotatable bonds is 6. The van der Waals surface area contributed by atoms with E-state index >= 15 is 0 Å². The summed E-state index contributed by atoms with van der Waals surface area (Å²) in [4.78, 5) is 20.4. The zero-order chi connectivity index (χ0) is 17.5. The first-order valence-electron chi connectivity index (χ1n) is 8.24. The van der Waals surface area contributed by atoms with Crippen LogP contribution in [0.3, 0.4) is 0 Å². The predicted octanol–water partition coefficient (Wildman–Crippen LogP) is 3.71. The first-order chi connectivity index (χ1) is 12.3. The standard InChI is InChI=1S/C20H20N4O/c1-2-16-5-3-4-6-18(16)24-17-7-8-19(22-14-17)20(25)23-13-15-9-11-21-12-10-15/h3-12,14,24H,2,13H2,1H3,(H,23,25). The Balaban J connectivity index is 1.62. The van der Waals surface area contributed by atoms with Crippen molar-refractivity contribution in [2.75, 3.05) is 5.32 Å². The fourth-order valence-corrected chi connectivity index (χ4v) is 2.48. The van der Waals surface area contributed by atoms with Crippen molar-refractivity contribution in [3.8, 4) is 0 Å². The molecule has 25 heavy (non-hydrogen) atoms. The lowest BCUT2D eigenvalue weighted by molar-refractivity contribution is 0.0946. The van der Waals surface area contributed by atoms with Gasteiger partial charge in [0, 0.05) is 24.6 Å². The van der Waals surface area contributed by atoms with Gasteiger partial charge in [0.1, 0.15) is 5.69 Å². The van der Waals surface area contributed by atoms with Gasteiger partial charge in [-0.2, -0.15) is 0 Å². The van der Waals surface area contributed by atoms with Crippen molar-refractivity contribution in [2.24, 2.45) is 0 Å².